The Morgan fingerprint density at radius 2 is 1.56 bits per heavy atom. The normalized spacial score (nSPS) is 11.9. The van der Waals surface area contributed by atoms with Gasteiger partial charge in [0, 0.05) is 42.8 Å². The second-order valence-electron chi connectivity index (χ2n) is 11.4. The summed E-state index contributed by atoms with van der Waals surface area (Å²) < 4.78 is 71.1. The molecule has 0 bridgehead atoms. The summed E-state index contributed by atoms with van der Waals surface area (Å²) in [5.41, 5.74) is 1.60. The average Bonchev–Trinajstić information content (AvgIpc) is 3.42. The van der Waals surface area contributed by atoms with Crippen LogP contribution in [0.4, 0.5) is 23.7 Å². The molecule has 0 unspecified atom stereocenters. The molecule has 12 nitrogen and oxygen atoms in total. The van der Waals surface area contributed by atoms with E-state index in [1.807, 2.05) is 0 Å². The fraction of sp³-hybridized carbons (Fsp3) is 0.242. The van der Waals surface area contributed by atoms with Gasteiger partial charge in [0.1, 0.15) is 22.3 Å². The minimum Gasteiger partial charge on any atom is -0.306 e. The van der Waals surface area contributed by atoms with Crippen LogP contribution >= 0.6 is 11.3 Å². The number of hydroxylamine groups is 1. The van der Waals surface area contributed by atoms with Gasteiger partial charge in [0.2, 0.25) is 10.0 Å². The molecule has 0 atom stereocenters. The van der Waals surface area contributed by atoms with Gasteiger partial charge in [0.25, 0.3) is 5.56 Å². The fourth-order valence-electron chi connectivity index (χ4n) is 5.23. The molecule has 0 fully saturated rings. The molecule has 0 radical (unpaired) electrons. The summed E-state index contributed by atoms with van der Waals surface area (Å²) in [6.07, 6.45) is 1.09. The van der Waals surface area contributed by atoms with Crippen LogP contribution in [0.15, 0.2) is 76.3 Å². The van der Waals surface area contributed by atoms with E-state index in [0.29, 0.717) is 21.7 Å². The molecular formula is C33H33F3N6O6S2. The molecular weight excluding hydrogens is 698 g/mol. The van der Waals surface area contributed by atoms with Crippen molar-refractivity contribution in [2.45, 2.75) is 13.1 Å². The van der Waals surface area contributed by atoms with Crippen LogP contribution in [0.1, 0.15) is 11.1 Å². The van der Waals surface area contributed by atoms with Gasteiger partial charge in [0.05, 0.1) is 31.0 Å². The summed E-state index contributed by atoms with van der Waals surface area (Å²) in [5.74, 6) is -2.39. The van der Waals surface area contributed by atoms with Crippen molar-refractivity contribution in [3.8, 4) is 16.1 Å². The van der Waals surface area contributed by atoms with Crippen molar-refractivity contribution in [2.24, 2.45) is 0 Å². The number of likely N-dealkylation sites (N-methyl/N-ethyl adjacent to an activating group) is 2. The van der Waals surface area contributed by atoms with E-state index >= 15 is 0 Å². The first-order valence-corrected chi connectivity index (χ1v) is 17.7. The number of fused-ring (bicyclic) bond motifs is 1. The molecule has 264 valence electrons. The van der Waals surface area contributed by atoms with E-state index in [9.17, 15) is 36.0 Å². The SMILES string of the molecule is CONC(=O)Nc1ccc(-c2sc3c(c2CN(C)CCN(C)S(C)(=O)=O)c(=O)n(-c2ccc(F)cc2)c(=O)n3Cc2c(F)cccc2F)cc1. The molecule has 0 aliphatic rings. The first-order chi connectivity index (χ1) is 23.7. The van der Waals surface area contributed by atoms with E-state index in [1.165, 1.54) is 36.7 Å². The molecule has 0 saturated carbocycles. The Hall–Kier alpha value is -4.81. The average molecular weight is 731 g/mol. The number of thiophene rings is 1. The van der Waals surface area contributed by atoms with E-state index in [2.05, 4.69) is 15.6 Å². The Morgan fingerprint density at radius 3 is 2.16 bits per heavy atom. The maximum Gasteiger partial charge on any atom is 0.343 e. The number of carbonyl (C=O) groups is 1. The van der Waals surface area contributed by atoms with Crippen LogP contribution < -0.4 is 22.0 Å². The second kappa shape index (κ2) is 15.0. The highest BCUT2D eigenvalue weighted by molar-refractivity contribution is 7.88. The van der Waals surface area contributed by atoms with Crippen LogP contribution in [0.5, 0.6) is 0 Å². The van der Waals surface area contributed by atoms with E-state index in [-0.39, 0.29) is 35.5 Å². The quantitative estimate of drug-likeness (QED) is 0.182. The van der Waals surface area contributed by atoms with Crippen LogP contribution in [0.3, 0.4) is 0 Å². The molecule has 50 heavy (non-hydrogen) atoms. The van der Waals surface area contributed by atoms with Crippen LogP contribution in [0, 0.1) is 17.5 Å². The summed E-state index contributed by atoms with van der Waals surface area (Å²) in [7, 11) is 0.988. The molecule has 2 aromatic heterocycles. The summed E-state index contributed by atoms with van der Waals surface area (Å²) >= 11 is 1.06. The molecule has 3 aromatic carbocycles. The highest BCUT2D eigenvalue weighted by Crippen LogP contribution is 2.38. The van der Waals surface area contributed by atoms with Crippen molar-refractivity contribution in [1.29, 1.82) is 0 Å². The predicted molar refractivity (Wildman–Crippen MR) is 186 cm³/mol. The lowest BCUT2D eigenvalue weighted by Crippen LogP contribution is -2.39. The standard InChI is InChI=1S/C33H33F3N6O6S2/c1-39(16-17-40(2)50(4,46)47)18-25-28-30(43)42(23-14-10-21(34)11-15-23)33(45)41(19-24-26(35)6-5-7-27(24)36)31(28)49-29(25)20-8-12-22(13-9-20)37-32(44)38-48-3/h5-15H,16-19H2,1-4H3,(H2,37,38,44). The number of nitrogens with zero attached hydrogens (tertiary/aromatic N) is 4. The number of nitrogens with one attached hydrogen (secondary N) is 2. The number of hydrogen-bond donors (Lipinski definition) is 2. The number of anilines is 1. The number of benzene rings is 3. The topological polar surface area (TPSA) is 135 Å². The summed E-state index contributed by atoms with van der Waals surface area (Å²) in [5, 5.41) is 2.68. The number of halogens is 3. The smallest absolute Gasteiger partial charge is 0.306 e. The summed E-state index contributed by atoms with van der Waals surface area (Å²) in [4.78, 5) is 47.6. The zero-order valence-electron chi connectivity index (χ0n) is 27.4. The third-order valence-corrected chi connectivity index (χ3v) is 10.5. The van der Waals surface area contributed by atoms with Gasteiger partial charge in [-0.05, 0) is 66.7 Å². The number of amides is 2. The Bertz CT molecular complexity index is 2250. The summed E-state index contributed by atoms with van der Waals surface area (Å²) in [6, 6.07) is 14.0. The van der Waals surface area contributed by atoms with E-state index in [0.717, 1.165) is 51.0 Å². The molecule has 0 spiro atoms. The molecule has 0 saturated heterocycles. The van der Waals surface area contributed by atoms with Crippen molar-refractivity contribution < 1.29 is 31.2 Å². The third-order valence-electron chi connectivity index (χ3n) is 7.93. The van der Waals surface area contributed by atoms with Crippen LogP contribution in [-0.4, -0.2) is 73.3 Å². The first-order valence-electron chi connectivity index (χ1n) is 15.0. The molecule has 2 heterocycles. The van der Waals surface area contributed by atoms with Gasteiger partial charge in [-0.25, -0.2) is 45.5 Å². The van der Waals surface area contributed by atoms with Crippen molar-refractivity contribution in [3.63, 3.8) is 0 Å². The number of hydrogen-bond acceptors (Lipinski definition) is 8. The van der Waals surface area contributed by atoms with Gasteiger partial charge in [-0.3, -0.25) is 14.2 Å². The number of aromatic nitrogens is 2. The maximum atomic E-state index is 15.0. The molecule has 0 aliphatic carbocycles. The lowest BCUT2D eigenvalue weighted by molar-refractivity contribution is 0.114. The Kier molecular flexibility index (Phi) is 10.9. The zero-order valence-corrected chi connectivity index (χ0v) is 29.0. The second-order valence-corrected chi connectivity index (χ2v) is 14.5. The van der Waals surface area contributed by atoms with E-state index in [4.69, 9.17) is 0 Å². The van der Waals surface area contributed by atoms with Gasteiger partial charge in [-0.2, -0.15) is 0 Å². The van der Waals surface area contributed by atoms with Crippen molar-refractivity contribution >= 4 is 43.3 Å². The van der Waals surface area contributed by atoms with Crippen molar-refractivity contribution in [2.75, 3.05) is 45.9 Å². The minimum atomic E-state index is -3.47. The number of sulfonamides is 1. The zero-order chi connectivity index (χ0) is 36.3. The van der Waals surface area contributed by atoms with Crippen LogP contribution in [0.25, 0.3) is 26.3 Å². The molecule has 17 heteroatoms. The molecule has 2 amide bonds. The van der Waals surface area contributed by atoms with E-state index < -0.39 is 56.9 Å². The van der Waals surface area contributed by atoms with E-state index in [1.54, 1.807) is 36.2 Å². The Morgan fingerprint density at radius 1 is 0.920 bits per heavy atom. The minimum absolute atomic E-state index is 0.0395. The lowest BCUT2D eigenvalue weighted by Gasteiger charge is -2.21. The molecule has 0 aliphatic heterocycles. The Labute approximate surface area is 288 Å². The Balaban J connectivity index is 1.76. The molecule has 5 aromatic rings. The number of urea groups is 1. The number of rotatable bonds is 12. The summed E-state index contributed by atoms with van der Waals surface area (Å²) in [6.45, 7) is -0.0902. The lowest BCUT2D eigenvalue weighted by atomic mass is 10.1. The van der Waals surface area contributed by atoms with Gasteiger partial charge < -0.3 is 10.2 Å². The van der Waals surface area contributed by atoms with Gasteiger partial charge in [-0.15, -0.1) is 11.3 Å². The van der Waals surface area contributed by atoms with Gasteiger partial charge in [0.15, 0.2) is 0 Å². The largest absolute Gasteiger partial charge is 0.343 e. The molecule has 2 N–H and O–H groups in total. The third kappa shape index (κ3) is 7.81. The van der Waals surface area contributed by atoms with Gasteiger partial charge >= 0.3 is 11.7 Å². The first kappa shape index (κ1) is 36.5. The van der Waals surface area contributed by atoms with Crippen molar-refractivity contribution in [3.05, 3.63) is 116 Å². The monoisotopic (exact) mass is 730 g/mol. The molecule has 5 rings (SSSR count). The maximum absolute atomic E-state index is 15.0. The fourth-order valence-corrected chi connectivity index (χ4v) is 6.95. The van der Waals surface area contributed by atoms with Crippen molar-refractivity contribution in [1.82, 2.24) is 23.8 Å². The van der Waals surface area contributed by atoms with Crippen LogP contribution in [-0.2, 0) is 28.0 Å². The predicted octanol–water partition coefficient (Wildman–Crippen LogP) is 4.35. The van der Waals surface area contributed by atoms with Gasteiger partial charge in [-0.1, -0.05) is 18.2 Å². The highest BCUT2D eigenvalue weighted by Gasteiger charge is 2.26. The van der Waals surface area contributed by atoms with Crippen LogP contribution in [0.2, 0.25) is 0 Å². The highest BCUT2D eigenvalue weighted by atomic mass is 32.2. The number of carbonyl (C=O) groups excluding carboxylic acids is 1.